The van der Waals surface area contributed by atoms with Crippen LogP contribution in [0.2, 0.25) is 0 Å². The molecule has 0 bridgehead atoms. The first-order valence-corrected chi connectivity index (χ1v) is 10.0. The minimum Gasteiger partial charge on any atom is -0.466 e. The maximum absolute atomic E-state index is 12.3. The van der Waals surface area contributed by atoms with Crippen molar-refractivity contribution >= 4 is 16.9 Å². The first-order chi connectivity index (χ1) is 14.2. The third kappa shape index (κ3) is 3.95. The molecule has 0 radical (unpaired) electrons. The number of ether oxygens (including phenoxy) is 1. The van der Waals surface area contributed by atoms with E-state index in [4.69, 9.17) is 4.74 Å². The molecule has 0 aliphatic rings. The largest absolute Gasteiger partial charge is 0.466 e. The van der Waals surface area contributed by atoms with Crippen LogP contribution in [0.3, 0.4) is 0 Å². The fraction of sp³-hybridized carbons (Fsp3) is 0.192. The summed E-state index contributed by atoms with van der Waals surface area (Å²) in [5.74, 6) is -0.181. The topological polar surface area (TPSA) is 31.2 Å². The summed E-state index contributed by atoms with van der Waals surface area (Å²) in [6.45, 7) is 5.11. The molecule has 1 heterocycles. The van der Waals surface area contributed by atoms with Crippen LogP contribution in [0.1, 0.15) is 23.7 Å². The molecule has 0 spiro atoms. The molecule has 0 aliphatic carbocycles. The SMILES string of the molecule is CCOC(=O)Cc1c(C)n(Cc2ccccc2)c2ccc(-c3ccccc3)cc12. The van der Waals surface area contributed by atoms with E-state index in [2.05, 4.69) is 66.1 Å². The molecule has 0 fully saturated rings. The van der Waals surface area contributed by atoms with Crippen molar-refractivity contribution in [2.24, 2.45) is 0 Å². The molecular weight excluding hydrogens is 358 g/mol. The Hall–Kier alpha value is -3.33. The smallest absolute Gasteiger partial charge is 0.310 e. The van der Waals surface area contributed by atoms with Crippen molar-refractivity contribution in [1.29, 1.82) is 0 Å². The van der Waals surface area contributed by atoms with Crippen molar-refractivity contribution in [3.05, 3.63) is 95.7 Å². The van der Waals surface area contributed by atoms with Gasteiger partial charge in [-0.1, -0.05) is 66.7 Å². The van der Waals surface area contributed by atoms with Gasteiger partial charge in [-0.05, 0) is 48.2 Å². The maximum Gasteiger partial charge on any atom is 0.310 e. The van der Waals surface area contributed by atoms with Gasteiger partial charge < -0.3 is 9.30 Å². The summed E-state index contributed by atoms with van der Waals surface area (Å²) in [4.78, 5) is 12.3. The quantitative estimate of drug-likeness (QED) is 0.396. The number of carbonyl (C=O) groups excluding carboxylic acids is 1. The standard InChI is InChI=1S/C26H25NO2/c1-3-29-26(28)17-23-19(2)27(18-20-10-6-4-7-11-20)25-15-14-22(16-24(23)25)21-12-8-5-9-13-21/h4-16H,3,17-18H2,1-2H3. The molecule has 0 unspecified atom stereocenters. The molecule has 3 aromatic carbocycles. The van der Waals surface area contributed by atoms with Crippen LogP contribution in [0, 0.1) is 6.92 Å². The van der Waals surface area contributed by atoms with E-state index in [0.717, 1.165) is 34.3 Å². The summed E-state index contributed by atoms with van der Waals surface area (Å²) in [6, 6.07) is 27.3. The zero-order valence-corrected chi connectivity index (χ0v) is 16.9. The highest BCUT2D eigenvalue weighted by atomic mass is 16.5. The van der Waals surface area contributed by atoms with Gasteiger partial charge in [0.25, 0.3) is 0 Å². The molecular formula is C26H25NO2. The van der Waals surface area contributed by atoms with Crippen molar-refractivity contribution in [2.75, 3.05) is 6.61 Å². The lowest BCUT2D eigenvalue weighted by molar-refractivity contribution is -0.142. The molecule has 0 atom stereocenters. The fourth-order valence-electron chi connectivity index (χ4n) is 3.91. The van der Waals surface area contributed by atoms with Crippen LogP contribution < -0.4 is 0 Å². The lowest BCUT2D eigenvalue weighted by atomic mass is 10.0. The van der Waals surface area contributed by atoms with Crippen molar-refractivity contribution in [3.8, 4) is 11.1 Å². The monoisotopic (exact) mass is 383 g/mol. The molecule has 0 amide bonds. The van der Waals surface area contributed by atoms with Crippen LogP contribution >= 0.6 is 0 Å². The van der Waals surface area contributed by atoms with Crippen molar-refractivity contribution in [3.63, 3.8) is 0 Å². The molecule has 0 aliphatic heterocycles. The average molecular weight is 383 g/mol. The molecule has 3 heteroatoms. The summed E-state index contributed by atoms with van der Waals surface area (Å²) >= 11 is 0. The van der Waals surface area contributed by atoms with Crippen LogP contribution in [-0.4, -0.2) is 17.1 Å². The number of rotatable bonds is 6. The van der Waals surface area contributed by atoms with E-state index < -0.39 is 0 Å². The van der Waals surface area contributed by atoms with E-state index >= 15 is 0 Å². The first kappa shape index (κ1) is 19.0. The number of carbonyl (C=O) groups is 1. The number of esters is 1. The van der Waals surface area contributed by atoms with Gasteiger partial charge in [-0.2, -0.15) is 0 Å². The summed E-state index contributed by atoms with van der Waals surface area (Å²) in [5, 5.41) is 1.12. The van der Waals surface area contributed by atoms with E-state index in [9.17, 15) is 4.79 Å². The Balaban J connectivity index is 1.84. The summed E-state index contributed by atoms with van der Waals surface area (Å²) in [5.41, 5.74) is 6.87. The zero-order valence-electron chi connectivity index (χ0n) is 16.9. The van der Waals surface area contributed by atoms with Gasteiger partial charge in [-0.15, -0.1) is 0 Å². The second-order valence-corrected chi connectivity index (χ2v) is 7.22. The lowest BCUT2D eigenvalue weighted by Gasteiger charge is -2.09. The van der Waals surface area contributed by atoms with Gasteiger partial charge in [0.1, 0.15) is 0 Å². The van der Waals surface area contributed by atoms with Crippen LogP contribution in [0.4, 0.5) is 0 Å². The van der Waals surface area contributed by atoms with Gasteiger partial charge in [0.15, 0.2) is 0 Å². The van der Waals surface area contributed by atoms with Crippen molar-refractivity contribution in [1.82, 2.24) is 4.57 Å². The number of nitrogens with zero attached hydrogens (tertiary/aromatic N) is 1. The van der Waals surface area contributed by atoms with Crippen LogP contribution in [0.15, 0.2) is 78.9 Å². The Morgan fingerprint density at radius 1 is 0.897 bits per heavy atom. The normalized spacial score (nSPS) is 11.0. The molecule has 0 N–H and O–H groups in total. The number of hydrogen-bond donors (Lipinski definition) is 0. The average Bonchev–Trinajstić information content (AvgIpc) is 3.00. The first-order valence-electron chi connectivity index (χ1n) is 10.0. The Bertz CT molecular complexity index is 1130. The summed E-state index contributed by atoms with van der Waals surface area (Å²) in [7, 11) is 0. The van der Waals surface area contributed by atoms with Crippen LogP contribution in [0.25, 0.3) is 22.0 Å². The minimum atomic E-state index is -0.181. The second-order valence-electron chi connectivity index (χ2n) is 7.22. The van der Waals surface area contributed by atoms with E-state index in [0.29, 0.717) is 6.61 Å². The fourth-order valence-corrected chi connectivity index (χ4v) is 3.91. The predicted molar refractivity (Wildman–Crippen MR) is 118 cm³/mol. The Kier molecular flexibility index (Phi) is 5.48. The highest BCUT2D eigenvalue weighted by molar-refractivity contribution is 5.92. The molecule has 4 aromatic rings. The van der Waals surface area contributed by atoms with Gasteiger partial charge in [0, 0.05) is 23.1 Å². The highest BCUT2D eigenvalue weighted by Crippen LogP contribution is 2.32. The Morgan fingerprint density at radius 2 is 1.59 bits per heavy atom. The van der Waals surface area contributed by atoms with Gasteiger partial charge in [0.2, 0.25) is 0 Å². The van der Waals surface area contributed by atoms with Crippen LogP contribution in [0.5, 0.6) is 0 Å². The van der Waals surface area contributed by atoms with Crippen molar-refractivity contribution in [2.45, 2.75) is 26.8 Å². The van der Waals surface area contributed by atoms with Gasteiger partial charge in [0.05, 0.1) is 13.0 Å². The van der Waals surface area contributed by atoms with E-state index in [1.165, 1.54) is 11.1 Å². The highest BCUT2D eigenvalue weighted by Gasteiger charge is 2.18. The summed E-state index contributed by atoms with van der Waals surface area (Å²) < 4.78 is 7.54. The molecule has 4 rings (SSSR count). The molecule has 1 aromatic heterocycles. The predicted octanol–water partition coefficient (Wildman–Crippen LogP) is 5.77. The molecule has 3 nitrogen and oxygen atoms in total. The number of aromatic nitrogens is 1. The number of benzene rings is 3. The summed E-state index contributed by atoms with van der Waals surface area (Å²) in [6.07, 6.45) is 0.288. The van der Waals surface area contributed by atoms with Crippen LogP contribution in [-0.2, 0) is 22.5 Å². The lowest BCUT2D eigenvalue weighted by Crippen LogP contribution is -2.09. The Labute approximate surface area is 171 Å². The molecule has 29 heavy (non-hydrogen) atoms. The third-order valence-electron chi connectivity index (χ3n) is 5.37. The van der Waals surface area contributed by atoms with Crippen molar-refractivity contribution < 1.29 is 9.53 Å². The minimum absolute atomic E-state index is 0.181. The number of fused-ring (bicyclic) bond motifs is 1. The van der Waals surface area contributed by atoms with Gasteiger partial charge in [-0.25, -0.2) is 0 Å². The van der Waals surface area contributed by atoms with E-state index in [1.54, 1.807) is 0 Å². The molecule has 0 saturated carbocycles. The second kappa shape index (κ2) is 8.36. The van der Waals surface area contributed by atoms with E-state index in [-0.39, 0.29) is 12.4 Å². The molecule has 0 saturated heterocycles. The Morgan fingerprint density at radius 3 is 2.28 bits per heavy atom. The van der Waals surface area contributed by atoms with E-state index in [1.807, 2.05) is 31.2 Å². The third-order valence-corrected chi connectivity index (χ3v) is 5.37. The zero-order chi connectivity index (χ0) is 20.2. The number of hydrogen-bond acceptors (Lipinski definition) is 2. The van der Waals surface area contributed by atoms with Gasteiger partial charge >= 0.3 is 5.97 Å². The molecule has 146 valence electrons. The van der Waals surface area contributed by atoms with Gasteiger partial charge in [-0.3, -0.25) is 4.79 Å². The maximum atomic E-state index is 12.3.